The van der Waals surface area contributed by atoms with Crippen molar-refractivity contribution < 1.29 is 13.2 Å². The van der Waals surface area contributed by atoms with Crippen LogP contribution in [0, 0.1) is 0 Å². The number of hydrogen-bond donors (Lipinski definition) is 2. The molecule has 3 aromatic rings. The molecule has 3 rings (SSSR count). The first-order chi connectivity index (χ1) is 13.3. The van der Waals surface area contributed by atoms with Crippen molar-refractivity contribution in [1.29, 1.82) is 0 Å². The molecule has 0 aliphatic carbocycles. The maximum atomic E-state index is 12.7. The number of imidazole rings is 1. The van der Waals surface area contributed by atoms with Crippen LogP contribution < -0.4 is 11.1 Å². The number of benzene rings is 1. The lowest BCUT2D eigenvalue weighted by molar-refractivity contribution is 0.251. The van der Waals surface area contributed by atoms with Gasteiger partial charge in [-0.2, -0.15) is 8.96 Å². The van der Waals surface area contributed by atoms with Gasteiger partial charge >= 0.3 is 6.03 Å². The van der Waals surface area contributed by atoms with Gasteiger partial charge in [0.15, 0.2) is 5.65 Å². The molecular formula is C18H20N6O3S. The Kier molecular flexibility index (Phi) is 5.14. The Labute approximate surface area is 162 Å². The number of nitrogen functional groups attached to an aromatic ring is 1. The second kappa shape index (κ2) is 7.39. The molecule has 0 atom stereocenters. The molecule has 0 fully saturated rings. The molecule has 0 saturated heterocycles. The van der Waals surface area contributed by atoms with Gasteiger partial charge in [0.2, 0.25) is 16.0 Å². The Bertz CT molecular complexity index is 1170. The van der Waals surface area contributed by atoms with Crippen LogP contribution in [0.3, 0.4) is 0 Å². The monoisotopic (exact) mass is 400 g/mol. The normalized spacial score (nSPS) is 12.5. The van der Waals surface area contributed by atoms with Crippen molar-refractivity contribution in [1.82, 2.24) is 19.3 Å². The zero-order valence-electron chi connectivity index (χ0n) is 15.6. The molecule has 0 saturated carbocycles. The number of aromatic nitrogens is 3. The van der Waals surface area contributed by atoms with Crippen LogP contribution in [0.25, 0.3) is 11.2 Å². The van der Waals surface area contributed by atoms with Crippen molar-refractivity contribution in [3.8, 4) is 0 Å². The lowest BCUT2D eigenvalue weighted by Gasteiger charge is -2.11. The third-order valence-corrected chi connectivity index (χ3v) is 6.12. The predicted molar refractivity (Wildman–Crippen MR) is 108 cm³/mol. The molecular weight excluding hydrogens is 380 g/mol. The molecule has 0 bridgehead atoms. The molecule has 2 amide bonds. The lowest BCUT2D eigenvalue weighted by Crippen LogP contribution is -2.24. The van der Waals surface area contributed by atoms with E-state index in [4.69, 9.17) is 5.73 Å². The van der Waals surface area contributed by atoms with Gasteiger partial charge in [-0.15, -0.1) is 0 Å². The Hall–Kier alpha value is -3.27. The van der Waals surface area contributed by atoms with E-state index >= 15 is 0 Å². The van der Waals surface area contributed by atoms with Crippen molar-refractivity contribution in [2.45, 2.75) is 19.1 Å². The molecule has 0 unspecified atom stereocenters. The van der Waals surface area contributed by atoms with Gasteiger partial charge in [0.05, 0.1) is 10.9 Å². The van der Waals surface area contributed by atoms with Crippen LogP contribution >= 0.6 is 0 Å². The Morgan fingerprint density at radius 1 is 1.14 bits per heavy atom. The highest BCUT2D eigenvalue weighted by molar-refractivity contribution is 7.90. The number of pyridine rings is 1. The van der Waals surface area contributed by atoms with E-state index in [0.29, 0.717) is 22.5 Å². The van der Waals surface area contributed by atoms with Crippen LogP contribution in [0.15, 0.2) is 47.5 Å². The van der Waals surface area contributed by atoms with Crippen LogP contribution in [0.4, 0.5) is 10.7 Å². The van der Waals surface area contributed by atoms with E-state index in [1.807, 2.05) is 6.07 Å². The van der Waals surface area contributed by atoms with E-state index < -0.39 is 21.3 Å². The molecule has 2 aromatic heterocycles. The van der Waals surface area contributed by atoms with Crippen LogP contribution in [0.1, 0.15) is 25.1 Å². The van der Waals surface area contributed by atoms with Crippen molar-refractivity contribution in [2.75, 3.05) is 12.8 Å². The first kappa shape index (κ1) is 19.5. The molecule has 28 heavy (non-hydrogen) atoms. The number of rotatable bonds is 4. The second-order valence-electron chi connectivity index (χ2n) is 6.25. The standard InChI is InChI=1S/C18H20N6O3S/c1-11(2)28(26,27)24-16-14(22-17(24)19)10-9-13(21-16)15(23-18(25)20-3)12-7-5-4-6-8-12/h4-11H,1-3H3,(H2,19,22)(H,20,25). The fourth-order valence-electron chi connectivity index (χ4n) is 2.57. The molecule has 146 valence electrons. The summed E-state index contributed by atoms with van der Waals surface area (Å²) in [7, 11) is -2.31. The SMILES string of the molecule is CNC(=O)N=C(c1ccccc1)c1ccc2nc(N)n(S(=O)(=O)C(C)C)c2n1. The Morgan fingerprint density at radius 3 is 2.43 bits per heavy atom. The van der Waals surface area contributed by atoms with Gasteiger partial charge in [0, 0.05) is 12.6 Å². The van der Waals surface area contributed by atoms with Crippen molar-refractivity contribution >= 4 is 38.9 Å². The van der Waals surface area contributed by atoms with E-state index in [9.17, 15) is 13.2 Å². The number of carbonyl (C=O) groups is 1. The van der Waals surface area contributed by atoms with Gasteiger partial charge in [-0.05, 0) is 26.0 Å². The molecule has 0 spiro atoms. The lowest BCUT2D eigenvalue weighted by atomic mass is 10.1. The van der Waals surface area contributed by atoms with Gasteiger partial charge in [0.25, 0.3) is 0 Å². The summed E-state index contributed by atoms with van der Waals surface area (Å²) in [6.45, 7) is 3.10. The number of anilines is 1. The zero-order chi connectivity index (χ0) is 20.5. The molecule has 2 heterocycles. The van der Waals surface area contributed by atoms with Gasteiger partial charge in [0.1, 0.15) is 11.2 Å². The maximum Gasteiger partial charge on any atom is 0.341 e. The summed E-state index contributed by atoms with van der Waals surface area (Å²) in [5.41, 5.74) is 7.55. The average Bonchev–Trinajstić information content (AvgIpc) is 3.01. The average molecular weight is 400 g/mol. The second-order valence-corrected chi connectivity index (χ2v) is 8.59. The summed E-state index contributed by atoms with van der Waals surface area (Å²) < 4.78 is 26.4. The van der Waals surface area contributed by atoms with E-state index in [1.165, 1.54) is 7.05 Å². The minimum atomic E-state index is -3.78. The Balaban J connectivity index is 2.28. The smallest absolute Gasteiger partial charge is 0.341 e. The van der Waals surface area contributed by atoms with E-state index in [-0.39, 0.29) is 11.6 Å². The minimum absolute atomic E-state index is 0.0873. The Morgan fingerprint density at radius 2 is 1.82 bits per heavy atom. The molecule has 0 aliphatic heterocycles. The number of nitrogens with one attached hydrogen (secondary N) is 1. The van der Waals surface area contributed by atoms with Crippen LogP contribution in [0.5, 0.6) is 0 Å². The number of urea groups is 1. The fourth-order valence-corrected chi connectivity index (χ4v) is 3.67. The first-order valence-corrected chi connectivity index (χ1v) is 10.0. The van der Waals surface area contributed by atoms with Gasteiger partial charge in [-0.3, -0.25) is 0 Å². The predicted octanol–water partition coefficient (Wildman–Crippen LogP) is 1.78. The summed E-state index contributed by atoms with van der Waals surface area (Å²) >= 11 is 0. The highest BCUT2D eigenvalue weighted by Crippen LogP contribution is 2.22. The molecule has 10 heteroatoms. The number of nitrogens with two attached hydrogens (primary N) is 1. The highest BCUT2D eigenvalue weighted by Gasteiger charge is 2.26. The van der Waals surface area contributed by atoms with Gasteiger partial charge in [-0.25, -0.2) is 23.2 Å². The van der Waals surface area contributed by atoms with Crippen LogP contribution in [-0.2, 0) is 10.0 Å². The number of hydrogen-bond acceptors (Lipinski definition) is 6. The number of nitrogens with zero attached hydrogens (tertiary/aromatic N) is 4. The topological polar surface area (TPSA) is 132 Å². The molecule has 0 radical (unpaired) electrons. The third kappa shape index (κ3) is 3.46. The summed E-state index contributed by atoms with van der Waals surface area (Å²) in [4.78, 5) is 24.5. The zero-order valence-corrected chi connectivity index (χ0v) is 16.4. The quantitative estimate of drug-likeness (QED) is 0.642. The molecule has 3 N–H and O–H groups in total. The number of fused-ring (bicyclic) bond motifs is 1. The van der Waals surface area contributed by atoms with Crippen molar-refractivity contribution in [3.05, 3.63) is 53.7 Å². The van der Waals surface area contributed by atoms with E-state index in [0.717, 1.165) is 3.97 Å². The van der Waals surface area contributed by atoms with Crippen LogP contribution in [-0.4, -0.2) is 46.4 Å². The summed E-state index contributed by atoms with van der Waals surface area (Å²) in [5, 5.41) is 1.72. The summed E-state index contributed by atoms with van der Waals surface area (Å²) in [6.07, 6.45) is 0. The van der Waals surface area contributed by atoms with Gasteiger partial charge in [-0.1, -0.05) is 30.3 Å². The fraction of sp³-hybridized carbons (Fsp3) is 0.222. The number of aliphatic imine (C=N–C) groups is 1. The molecule has 9 nitrogen and oxygen atoms in total. The summed E-state index contributed by atoms with van der Waals surface area (Å²) in [5.74, 6) is -0.169. The van der Waals surface area contributed by atoms with Gasteiger partial charge < -0.3 is 11.1 Å². The minimum Gasteiger partial charge on any atom is -0.368 e. The molecule has 1 aromatic carbocycles. The number of carbonyl (C=O) groups excluding carboxylic acids is 1. The number of amides is 2. The largest absolute Gasteiger partial charge is 0.368 e. The summed E-state index contributed by atoms with van der Waals surface area (Å²) in [6, 6.07) is 11.7. The third-order valence-electron chi connectivity index (χ3n) is 4.06. The highest BCUT2D eigenvalue weighted by atomic mass is 32.2. The van der Waals surface area contributed by atoms with E-state index in [1.54, 1.807) is 50.2 Å². The van der Waals surface area contributed by atoms with E-state index in [2.05, 4.69) is 20.3 Å². The first-order valence-electron chi connectivity index (χ1n) is 8.51. The molecule has 0 aliphatic rings. The van der Waals surface area contributed by atoms with Crippen molar-refractivity contribution in [2.24, 2.45) is 4.99 Å². The van der Waals surface area contributed by atoms with Crippen molar-refractivity contribution in [3.63, 3.8) is 0 Å². The maximum absolute atomic E-state index is 12.7. The van der Waals surface area contributed by atoms with Crippen LogP contribution in [0.2, 0.25) is 0 Å².